The fourth-order valence-corrected chi connectivity index (χ4v) is 2.16. The number of nitrogens with one attached hydrogen (secondary N) is 1. The van der Waals surface area contributed by atoms with Crippen LogP contribution in [-0.4, -0.2) is 22.6 Å². The lowest BCUT2D eigenvalue weighted by atomic mass is 10.0. The van der Waals surface area contributed by atoms with Gasteiger partial charge in [-0.2, -0.15) is 11.8 Å². The fraction of sp³-hybridized carbons (Fsp3) is 0.833. The highest BCUT2D eigenvalue weighted by Crippen LogP contribution is 2.22. The summed E-state index contributed by atoms with van der Waals surface area (Å²) in [5, 5.41) is 8.28. The molecule has 1 fully saturated rings. The molecule has 0 saturated carbocycles. The minimum Gasteiger partial charge on any atom is -0.289 e. The minimum atomic E-state index is -0.222. The summed E-state index contributed by atoms with van der Waals surface area (Å²) < 4.78 is 0. The molecule has 0 aromatic heterocycles. The van der Waals surface area contributed by atoms with E-state index in [4.69, 9.17) is 5.21 Å². The molecule has 1 aliphatic rings. The fourth-order valence-electron chi connectivity index (χ4n) is 1.05. The van der Waals surface area contributed by atoms with Crippen LogP contribution >= 0.6 is 11.8 Å². The van der Waals surface area contributed by atoms with Gasteiger partial charge in [0.25, 0.3) is 0 Å². The van der Waals surface area contributed by atoms with Crippen molar-refractivity contribution in [2.75, 3.05) is 11.5 Å². The predicted molar refractivity (Wildman–Crippen MR) is 40.0 cm³/mol. The zero-order chi connectivity index (χ0) is 7.40. The van der Waals surface area contributed by atoms with Gasteiger partial charge in [-0.05, 0) is 24.3 Å². The van der Waals surface area contributed by atoms with Gasteiger partial charge in [0.2, 0.25) is 5.91 Å². The van der Waals surface area contributed by atoms with Crippen molar-refractivity contribution in [3.63, 3.8) is 0 Å². The number of hydrogen-bond acceptors (Lipinski definition) is 3. The van der Waals surface area contributed by atoms with Crippen molar-refractivity contribution in [3.8, 4) is 0 Å². The van der Waals surface area contributed by atoms with Crippen molar-refractivity contribution in [2.45, 2.75) is 12.8 Å². The van der Waals surface area contributed by atoms with Crippen molar-refractivity contribution < 1.29 is 10.0 Å². The maximum atomic E-state index is 10.8. The van der Waals surface area contributed by atoms with Gasteiger partial charge in [0.15, 0.2) is 0 Å². The standard InChI is InChI=1S/C6H11NO2S/c8-6(7-9)5-1-3-10-4-2-5/h5,9H,1-4H2,(H,7,8). The van der Waals surface area contributed by atoms with Gasteiger partial charge >= 0.3 is 0 Å². The Morgan fingerprint density at radius 3 is 2.60 bits per heavy atom. The smallest absolute Gasteiger partial charge is 0.246 e. The first-order chi connectivity index (χ1) is 4.84. The first kappa shape index (κ1) is 7.88. The molecular formula is C6H11NO2S. The third-order valence-corrected chi connectivity index (χ3v) is 2.75. The molecule has 1 saturated heterocycles. The molecule has 1 aliphatic heterocycles. The molecule has 1 amide bonds. The van der Waals surface area contributed by atoms with Crippen LogP contribution in [0, 0.1) is 5.92 Å². The van der Waals surface area contributed by atoms with Crippen molar-refractivity contribution in [1.29, 1.82) is 0 Å². The summed E-state index contributed by atoms with van der Waals surface area (Å²) in [5.74, 6) is 1.91. The van der Waals surface area contributed by atoms with Gasteiger partial charge in [0.1, 0.15) is 0 Å². The highest BCUT2D eigenvalue weighted by atomic mass is 32.2. The molecule has 0 atom stereocenters. The molecule has 0 aliphatic carbocycles. The van der Waals surface area contributed by atoms with Crippen LogP contribution < -0.4 is 5.48 Å². The predicted octanol–water partition coefficient (Wildman–Crippen LogP) is 0.635. The van der Waals surface area contributed by atoms with Crippen LogP contribution in [0.5, 0.6) is 0 Å². The molecule has 3 nitrogen and oxygen atoms in total. The Morgan fingerprint density at radius 1 is 1.50 bits per heavy atom. The molecule has 2 N–H and O–H groups in total. The van der Waals surface area contributed by atoms with Crippen LogP contribution in [0.1, 0.15) is 12.8 Å². The summed E-state index contributed by atoms with van der Waals surface area (Å²) in [7, 11) is 0. The second kappa shape index (κ2) is 3.83. The third-order valence-electron chi connectivity index (χ3n) is 1.70. The lowest BCUT2D eigenvalue weighted by Crippen LogP contribution is -2.30. The molecule has 1 heterocycles. The van der Waals surface area contributed by atoms with Gasteiger partial charge < -0.3 is 0 Å². The maximum Gasteiger partial charge on any atom is 0.246 e. The number of hydrogen-bond donors (Lipinski definition) is 2. The van der Waals surface area contributed by atoms with Crippen molar-refractivity contribution in [3.05, 3.63) is 0 Å². The van der Waals surface area contributed by atoms with E-state index in [9.17, 15) is 4.79 Å². The molecule has 4 heteroatoms. The number of carbonyl (C=O) groups excluding carboxylic acids is 1. The zero-order valence-electron chi connectivity index (χ0n) is 5.67. The lowest BCUT2D eigenvalue weighted by Gasteiger charge is -2.18. The molecule has 0 aromatic carbocycles. The van der Waals surface area contributed by atoms with Gasteiger partial charge in [0.05, 0.1) is 0 Å². The minimum absolute atomic E-state index is 0.0475. The van der Waals surface area contributed by atoms with Crippen LogP contribution in [0.3, 0.4) is 0 Å². The maximum absolute atomic E-state index is 10.8. The van der Waals surface area contributed by atoms with E-state index in [0.29, 0.717) is 0 Å². The Labute approximate surface area is 64.1 Å². The largest absolute Gasteiger partial charge is 0.289 e. The molecule has 1 rings (SSSR count). The molecule has 0 unspecified atom stereocenters. The Morgan fingerprint density at radius 2 is 2.10 bits per heavy atom. The van der Waals surface area contributed by atoms with Crippen LogP contribution in [0.4, 0.5) is 0 Å². The Hall–Kier alpha value is -0.220. The highest BCUT2D eigenvalue weighted by molar-refractivity contribution is 7.99. The van der Waals surface area contributed by atoms with Gasteiger partial charge in [0, 0.05) is 5.92 Å². The lowest BCUT2D eigenvalue weighted by molar-refractivity contribution is -0.133. The summed E-state index contributed by atoms with van der Waals surface area (Å²) in [6.45, 7) is 0. The van der Waals surface area contributed by atoms with Gasteiger partial charge in [-0.15, -0.1) is 0 Å². The average Bonchev–Trinajstić information content (AvgIpc) is 2.05. The summed E-state index contributed by atoms with van der Waals surface area (Å²) in [6.07, 6.45) is 1.80. The van der Waals surface area contributed by atoms with Crippen molar-refractivity contribution >= 4 is 17.7 Å². The molecule has 58 valence electrons. The molecule has 0 spiro atoms. The first-order valence-corrected chi connectivity index (χ1v) is 4.51. The topological polar surface area (TPSA) is 49.3 Å². The first-order valence-electron chi connectivity index (χ1n) is 3.36. The monoisotopic (exact) mass is 161 g/mol. The second-order valence-electron chi connectivity index (χ2n) is 2.36. The average molecular weight is 161 g/mol. The van der Waals surface area contributed by atoms with E-state index < -0.39 is 0 Å². The number of rotatable bonds is 1. The molecule has 0 radical (unpaired) electrons. The van der Waals surface area contributed by atoms with E-state index in [2.05, 4.69) is 0 Å². The van der Waals surface area contributed by atoms with E-state index in [1.807, 2.05) is 11.8 Å². The molecule has 0 bridgehead atoms. The van der Waals surface area contributed by atoms with E-state index in [1.165, 1.54) is 0 Å². The van der Waals surface area contributed by atoms with Gasteiger partial charge in [-0.25, -0.2) is 5.48 Å². The van der Waals surface area contributed by atoms with Crippen molar-refractivity contribution in [1.82, 2.24) is 5.48 Å². The quantitative estimate of drug-likeness (QED) is 0.438. The third kappa shape index (κ3) is 1.88. The van der Waals surface area contributed by atoms with Crippen molar-refractivity contribution in [2.24, 2.45) is 5.92 Å². The normalized spacial score (nSPS) is 20.5. The summed E-state index contributed by atoms with van der Waals surface area (Å²) in [5.41, 5.74) is 1.69. The van der Waals surface area contributed by atoms with E-state index in [0.717, 1.165) is 24.3 Å². The zero-order valence-corrected chi connectivity index (χ0v) is 6.49. The van der Waals surface area contributed by atoms with Gasteiger partial charge in [-0.1, -0.05) is 0 Å². The number of carbonyl (C=O) groups is 1. The highest BCUT2D eigenvalue weighted by Gasteiger charge is 2.20. The van der Waals surface area contributed by atoms with Crippen LogP contribution in [0.2, 0.25) is 0 Å². The summed E-state index contributed by atoms with van der Waals surface area (Å²) in [4.78, 5) is 10.8. The number of thioether (sulfide) groups is 1. The molecular weight excluding hydrogens is 150 g/mol. The summed E-state index contributed by atoms with van der Waals surface area (Å²) >= 11 is 1.86. The van der Waals surface area contributed by atoms with Gasteiger partial charge in [-0.3, -0.25) is 10.0 Å². The van der Waals surface area contributed by atoms with E-state index in [-0.39, 0.29) is 11.8 Å². The van der Waals surface area contributed by atoms with Crippen LogP contribution in [0.15, 0.2) is 0 Å². The van der Waals surface area contributed by atoms with E-state index >= 15 is 0 Å². The molecule has 0 aromatic rings. The summed E-state index contributed by atoms with van der Waals surface area (Å²) in [6, 6.07) is 0. The van der Waals surface area contributed by atoms with E-state index in [1.54, 1.807) is 5.48 Å². The number of hydroxylamine groups is 1. The SMILES string of the molecule is O=C(NO)C1CCSCC1. The Bertz CT molecular complexity index is 123. The van der Waals surface area contributed by atoms with Crippen LogP contribution in [-0.2, 0) is 4.79 Å². The number of amides is 1. The molecule has 10 heavy (non-hydrogen) atoms. The van der Waals surface area contributed by atoms with Crippen LogP contribution in [0.25, 0.3) is 0 Å². The Kier molecular flexibility index (Phi) is 3.02. The Balaban J connectivity index is 2.31. The second-order valence-corrected chi connectivity index (χ2v) is 3.59.